The lowest BCUT2D eigenvalue weighted by molar-refractivity contribution is -0.119. The first-order valence-corrected chi connectivity index (χ1v) is 5.05. The van der Waals surface area contributed by atoms with Crippen molar-refractivity contribution in [2.75, 3.05) is 13.2 Å². The van der Waals surface area contributed by atoms with E-state index in [9.17, 15) is 4.79 Å². The number of amides is 1. The van der Waals surface area contributed by atoms with Crippen LogP contribution < -0.4 is 5.73 Å². The Labute approximate surface area is 81.5 Å². The van der Waals surface area contributed by atoms with Crippen LogP contribution in [0.1, 0.15) is 11.3 Å². The van der Waals surface area contributed by atoms with Crippen molar-refractivity contribution in [3.05, 3.63) is 22.4 Å². The summed E-state index contributed by atoms with van der Waals surface area (Å²) in [7, 11) is 0. The molecule has 0 aliphatic heterocycles. The second kappa shape index (κ2) is 5.72. The first-order chi connectivity index (χ1) is 6.29. The van der Waals surface area contributed by atoms with Crippen LogP contribution in [0.4, 0.5) is 0 Å². The average Bonchev–Trinajstić information content (AvgIpc) is 2.55. The zero-order chi connectivity index (χ0) is 9.52. The van der Waals surface area contributed by atoms with E-state index in [1.165, 1.54) is 4.88 Å². The van der Waals surface area contributed by atoms with Crippen LogP contribution in [0.5, 0.6) is 0 Å². The standard InChI is InChI=1S/C9H13NO2S/c10-9(11)4-6-12-5-3-8-2-1-7-13-8/h1-2,7H,3-6H2,(H2,10,11). The normalized spacial score (nSPS) is 10.2. The Kier molecular flexibility index (Phi) is 4.49. The molecule has 1 aromatic heterocycles. The number of ether oxygens (including phenoxy) is 1. The van der Waals surface area contributed by atoms with Gasteiger partial charge in [-0.05, 0) is 11.4 Å². The number of carbonyl (C=O) groups is 1. The second-order valence-corrected chi connectivity index (χ2v) is 3.69. The highest BCUT2D eigenvalue weighted by molar-refractivity contribution is 7.09. The van der Waals surface area contributed by atoms with E-state index in [2.05, 4.69) is 6.07 Å². The molecule has 72 valence electrons. The summed E-state index contributed by atoms with van der Waals surface area (Å²) < 4.78 is 5.22. The molecular weight excluding hydrogens is 186 g/mol. The summed E-state index contributed by atoms with van der Waals surface area (Å²) in [5.74, 6) is -0.309. The molecule has 13 heavy (non-hydrogen) atoms. The third-order valence-corrected chi connectivity index (χ3v) is 2.50. The fourth-order valence-electron chi connectivity index (χ4n) is 0.902. The van der Waals surface area contributed by atoms with Crippen LogP contribution >= 0.6 is 11.3 Å². The molecule has 0 bridgehead atoms. The van der Waals surface area contributed by atoms with Crippen LogP contribution in [-0.4, -0.2) is 19.1 Å². The number of nitrogens with two attached hydrogens (primary N) is 1. The molecule has 0 radical (unpaired) electrons. The number of rotatable bonds is 6. The predicted molar refractivity (Wildman–Crippen MR) is 52.7 cm³/mol. The minimum absolute atomic E-state index is 0.309. The van der Waals surface area contributed by atoms with Crippen molar-refractivity contribution in [2.45, 2.75) is 12.8 Å². The van der Waals surface area contributed by atoms with Gasteiger partial charge in [-0.1, -0.05) is 6.07 Å². The smallest absolute Gasteiger partial charge is 0.219 e. The van der Waals surface area contributed by atoms with E-state index < -0.39 is 0 Å². The lowest BCUT2D eigenvalue weighted by atomic mass is 10.3. The van der Waals surface area contributed by atoms with E-state index in [0.717, 1.165) is 6.42 Å². The van der Waals surface area contributed by atoms with Crippen molar-refractivity contribution >= 4 is 17.2 Å². The molecule has 2 N–H and O–H groups in total. The van der Waals surface area contributed by atoms with Crippen LogP contribution in [0.2, 0.25) is 0 Å². The number of hydrogen-bond donors (Lipinski definition) is 1. The second-order valence-electron chi connectivity index (χ2n) is 2.66. The Morgan fingerprint density at radius 1 is 1.54 bits per heavy atom. The summed E-state index contributed by atoms with van der Waals surface area (Å²) in [5, 5.41) is 2.04. The molecule has 3 nitrogen and oxygen atoms in total. The number of carbonyl (C=O) groups excluding carboxylic acids is 1. The summed E-state index contributed by atoms with van der Waals surface area (Å²) in [5.41, 5.74) is 4.95. The topological polar surface area (TPSA) is 52.3 Å². The van der Waals surface area contributed by atoms with E-state index in [4.69, 9.17) is 10.5 Å². The first kappa shape index (κ1) is 10.2. The Hall–Kier alpha value is -0.870. The minimum Gasteiger partial charge on any atom is -0.381 e. The third-order valence-electron chi connectivity index (χ3n) is 1.57. The average molecular weight is 199 g/mol. The van der Waals surface area contributed by atoms with Gasteiger partial charge in [0.05, 0.1) is 13.2 Å². The molecule has 0 atom stereocenters. The summed E-state index contributed by atoms with van der Waals surface area (Å²) in [6.45, 7) is 1.09. The lowest BCUT2D eigenvalue weighted by Crippen LogP contribution is -2.13. The summed E-state index contributed by atoms with van der Waals surface area (Å²) >= 11 is 1.72. The van der Waals surface area contributed by atoms with Crippen molar-refractivity contribution in [1.82, 2.24) is 0 Å². The van der Waals surface area contributed by atoms with Gasteiger partial charge >= 0.3 is 0 Å². The molecule has 0 saturated heterocycles. The molecule has 1 aromatic rings. The van der Waals surface area contributed by atoms with Gasteiger partial charge in [0.1, 0.15) is 0 Å². The van der Waals surface area contributed by atoms with Crippen molar-refractivity contribution < 1.29 is 9.53 Å². The monoisotopic (exact) mass is 199 g/mol. The van der Waals surface area contributed by atoms with Crippen LogP contribution in [0, 0.1) is 0 Å². The van der Waals surface area contributed by atoms with E-state index in [0.29, 0.717) is 19.6 Å². The maximum Gasteiger partial charge on any atom is 0.219 e. The molecule has 1 heterocycles. The quantitative estimate of drug-likeness (QED) is 0.699. The number of hydrogen-bond acceptors (Lipinski definition) is 3. The molecule has 0 unspecified atom stereocenters. The highest BCUT2D eigenvalue weighted by atomic mass is 32.1. The Morgan fingerprint density at radius 2 is 2.38 bits per heavy atom. The maximum atomic E-state index is 10.3. The molecule has 0 aliphatic carbocycles. The number of thiophene rings is 1. The van der Waals surface area contributed by atoms with E-state index in [1.807, 2.05) is 11.4 Å². The maximum absolute atomic E-state index is 10.3. The zero-order valence-corrected chi connectivity index (χ0v) is 8.18. The van der Waals surface area contributed by atoms with Crippen LogP contribution in [-0.2, 0) is 16.0 Å². The summed E-state index contributed by atoms with van der Waals surface area (Å²) in [6, 6.07) is 4.09. The van der Waals surface area contributed by atoms with E-state index >= 15 is 0 Å². The fourth-order valence-corrected chi connectivity index (χ4v) is 1.59. The molecule has 0 aliphatic rings. The SMILES string of the molecule is NC(=O)CCOCCc1cccs1. The molecule has 0 aromatic carbocycles. The fraction of sp³-hybridized carbons (Fsp3) is 0.444. The molecule has 1 rings (SSSR count). The predicted octanol–water partition coefficient (Wildman–Crippen LogP) is 1.18. The Balaban J connectivity index is 1.99. The summed E-state index contributed by atoms with van der Waals surface area (Å²) in [6.07, 6.45) is 1.22. The van der Waals surface area contributed by atoms with Crippen LogP contribution in [0.25, 0.3) is 0 Å². The molecule has 0 spiro atoms. The van der Waals surface area contributed by atoms with Gasteiger partial charge in [0.25, 0.3) is 0 Å². The van der Waals surface area contributed by atoms with Gasteiger partial charge in [-0.3, -0.25) is 4.79 Å². The largest absolute Gasteiger partial charge is 0.381 e. The Morgan fingerprint density at radius 3 is 3.00 bits per heavy atom. The van der Waals surface area contributed by atoms with Crippen molar-refractivity contribution in [3.63, 3.8) is 0 Å². The van der Waals surface area contributed by atoms with Crippen LogP contribution in [0.3, 0.4) is 0 Å². The third kappa shape index (κ3) is 4.65. The van der Waals surface area contributed by atoms with Crippen molar-refractivity contribution in [2.24, 2.45) is 5.73 Å². The van der Waals surface area contributed by atoms with E-state index in [1.54, 1.807) is 11.3 Å². The van der Waals surface area contributed by atoms with Gasteiger partial charge in [0, 0.05) is 17.7 Å². The first-order valence-electron chi connectivity index (χ1n) is 4.17. The Bertz CT molecular complexity index is 246. The molecule has 1 amide bonds. The van der Waals surface area contributed by atoms with Gasteiger partial charge in [-0.15, -0.1) is 11.3 Å². The van der Waals surface area contributed by atoms with Crippen molar-refractivity contribution in [3.8, 4) is 0 Å². The molecule has 0 saturated carbocycles. The minimum atomic E-state index is -0.309. The van der Waals surface area contributed by atoms with Crippen LogP contribution in [0.15, 0.2) is 17.5 Å². The van der Waals surface area contributed by atoms with Gasteiger partial charge in [-0.2, -0.15) is 0 Å². The van der Waals surface area contributed by atoms with Crippen molar-refractivity contribution in [1.29, 1.82) is 0 Å². The lowest BCUT2D eigenvalue weighted by Gasteiger charge is -2.00. The van der Waals surface area contributed by atoms with Gasteiger partial charge in [0.2, 0.25) is 5.91 Å². The molecule has 0 fully saturated rings. The van der Waals surface area contributed by atoms with Gasteiger partial charge in [-0.25, -0.2) is 0 Å². The molecule has 4 heteroatoms. The zero-order valence-electron chi connectivity index (χ0n) is 7.36. The molecular formula is C9H13NO2S. The number of primary amides is 1. The van der Waals surface area contributed by atoms with E-state index in [-0.39, 0.29) is 5.91 Å². The highest BCUT2D eigenvalue weighted by Crippen LogP contribution is 2.08. The highest BCUT2D eigenvalue weighted by Gasteiger charge is 1.95. The van der Waals surface area contributed by atoms with Gasteiger partial charge in [0.15, 0.2) is 0 Å². The van der Waals surface area contributed by atoms with Gasteiger partial charge < -0.3 is 10.5 Å². The summed E-state index contributed by atoms with van der Waals surface area (Å²) in [4.78, 5) is 11.6.